The Morgan fingerprint density at radius 2 is 1.25 bits per heavy atom. The monoisotopic (exact) mass is 210 g/mol. The second kappa shape index (κ2) is 8.85. The van der Waals surface area contributed by atoms with Gasteiger partial charge < -0.3 is 0 Å². The predicted octanol–water partition coefficient (Wildman–Crippen LogP) is 1.15. The molecule has 0 aliphatic rings. The summed E-state index contributed by atoms with van der Waals surface area (Å²) < 4.78 is 0. The molecule has 4 heavy (non-hydrogen) atoms. The fraction of sp³-hybridized carbons (Fsp3) is 0. The molecule has 0 rings (SSSR count). The third-order valence-corrected chi connectivity index (χ3v) is 0. The van der Waals surface area contributed by atoms with E-state index in [0.29, 0.717) is 0 Å². The van der Waals surface area contributed by atoms with Gasteiger partial charge in [-0.25, -0.2) is 0 Å². The van der Waals surface area contributed by atoms with E-state index in [1.807, 2.05) is 0 Å². The normalized spacial score (nSPS) is 4.50. The zero-order chi connectivity index (χ0) is 2.71. The topological polar surface area (TPSA) is 0 Å². The summed E-state index contributed by atoms with van der Waals surface area (Å²) in [5, 5.41) is 0. The van der Waals surface area contributed by atoms with Gasteiger partial charge in [0.15, 0.2) is 0 Å². The van der Waals surface area contributed by atoms with Crippen molar-refractivity contribution in [3.05, 3.63) is 0 Å². The van der Waals surface area contributed by atoms with Crippen LogP contribution in [0, 0.1) is 0 Å². The van der Waals surface area contributed by atoms with Crippen molar-refractivity contribution in [1.29, 1.82) is 0 Å². The van der Waals surface area contributed by atoms with Crippen molar-refractivity contribution in [2.24, 2.45) is 0 Å². The third kappa shape index (κ3) is 10.3. The van der Waals surface area contributed by atoms with Gasteiger partial charge in [0.1, 0.15) is 0 Å². The van der Waals surface area contributed by atoms with E-state index < -0.39 is 18.9 Å². The van der Waals surface area contributed by atoms with Gasteiger partial charge in [-0.15, -0.1) is 0 Å². The van der Waals surface area contributed by atoms with Crippen LogP contribution in [0.4, 0.5) is 4.70 Å². The van der Waals surface area contributed by atoms with Gasteiger partial charge in [-0.2, -0.15) is 0 Å². The number of halogens is 3. The Labute approximate surface area is 41.5 Å². The molecular weight excluding hydrogens is 209 g/mol. The summed E-state index contributed by atoms with van der Waals surface area (Å²) in [5.74, 6) is 0. The van der Waals surface area contributed by atoms with E-state index >= 15 is 0 Å². The van der Waals surface area contributed by atoms with Crippen LogP contribution in [0.15, 0.2) is 0 Å². The molecule has 0 saturated carbocycles. The summed E-state index contributed by atoms with van der Waals surface area (Å²) in [6.45, 7) is 0. The van der Waals surface area contributed by atoms with Gasteiger partial charge in [-0.05, 0) is 0 Å². The molecule has 0 aliphatic carbocycles. The zero-order valence-corrected chi connectivity index (χ0v) is 6.03. The zero-order valence-electron chi connectivity index (χ0n) is 1.66. The molecule has 0 heterocycles. The van der Waals surface area contributed by atoms with Crippen LogP contribution >= 0.6 is 17.8 Å². The molecule has 0 aromatic heterocycles. The molecule has 0 atom stereocenters. The molecule has 0 spiro atoms. The Hall–Kier alpha value is 1.31. The van der Waals surface area contributed by atoms with Crippen molar-refractivity contribution in [3.63, 3.8) is 0 Å². The Morgan fingerprint density at radius 1 is 1.25 bits per heavy atom. The van der Waals surface area contributed by atoms with Crippen LogP contribution in [0.5, 0.6) is 0 Å². The standard InChI is InChI=1S/2ClH.FH.Sn/h3*1H;/q;;;+2/p-2. The molecule has 0 unspecified atom stereocenters. The second-order valence-corrected chi connectivity index (χ2v) is 4.31. The number of rotatable bonds is 0. The fourth-order valence-electron chi connectivity index (χ4n) is 0. The Balaban J connectivity index is 0. The van der Waals surface area contributed by atoms with Crippen LogP contribution < -0.4 is 0 Å². The molecule has 0 bridgehead atoms. The van der Waals surface area contributed by atoms with E-state index in [9.17, 15) is 0 Å². The Kier molecular flexibility index (Phi) is 19.9. The molecule has 0 fully saturated rings. The maximum atomic E-state index is 4.93. The van der Waals surface area contributed by atoms with Crippen LogP contribution in [0.2, 0.25) is 0 Å². The van der Waals surface area contributed by atoms with Crippen LogP contribution in [0.25, 0.3) is 0 Å². The van der Waals surface area contributed by atoms with Crippen molar-refractivity contribution in [2.75, 3.05) is 0 Å². The van der Waals surface area contributed by atoms with Gasteiger partial charge in [0.25, 0.3) is 0 Å². The molecule has 0 aromatic rings. The first-order valence-electron chi connectivity index (χ1n) is 0.378. The average Bonchev–Trinajstić information content (AvgIpc) is 0.918. The van der Waals surface area contributed by atoms with Crippen molar-refractivity contribution in [2.45, 2.75) is 0 Å². The average molecular weight is 210 g/mol. The molecule has 2 radical (unpaired) electrons. The van der Waals surface area contributed by atoms with Crippen LogP contribution in [-0.2, 0) is 0 Å². The first-order chi connectivity index (χ1) is 1.41. The van der Waals surface area contributed by atoms with E-state index in [0.717, 1.165) is 0 Å². The van der Waals surface area contributed by atoms with Gasteiger partial charge >= 0.3 is 36.7 Å². The Morgan fingerprint density at radius 3 is 1.25 bits per heavy atom. The molecule has 0 nitrogen and oxygen atoms in total. The molecule has 0 aromatic carbocycles. The molecule has 0 saturated heterocycles. The van der Waals surface area contributed by atoms with Gasteiger partial charge in [0, 0.05) is 0 Å². The first-order valence-corrected chi connectivity index (χ1v) is 7.61. The summed E-state index contributed by atoms with van der Waals surface area (Å²) in [4.78, 5) is 0. The van der Waals surface area contributed by atoms with E-state index in [4.69, 9.17) is 17.8 Å². The molecule has 26 valence electrons. The van der Waals surface area contributed by atoms with Crippen molar-refractivity contribution >= 4 is 36.7 Å². The minimum absolute atomic E-state index is 0. The van der Waals surface area contributed by atoms with Crippen molar-refractivity contribution in [3.8, 4) is 0 Å². The minimum atomic E-state index is -0.826. The number of hydrogen-bond acceptors (Lipinski definition) is 0. The summed E-state index contributed by atoms with van der Waals surface area (Å²) in [5.41, 5.74) is 0. The molecule has 0 aliphatic heterocycles. The SMILES string of the molecule is F.[Cl][Sn][Cl]. The van der Waals surface area contributed by atoms with Crippen LogP contribution in [0.3, 0.4) is 0 Å². The van der Waals surface area contributed by atoms with Crippen molar-refractivity contribution < 1.29 is 4.70 Å². The molecule has 0 N–H and O–H groups in total. The van der Waals surface area contributed by atoms with Crippen LogP contribution in [0.1, 0.15) is 0 Å². The van der Waals surface area contributed by atoms with Gasteiger partial charge in [0.2, 0.25) is 0 Å². The van der Waals surface area contributed by atoms with Gasteiger partial charge in [-0.1, -0.05) is 0 Å². The summed E-state index contributed by atoms with van der Waals surface area (Å²) in [6, 6.07) is 0. The predicted molar refractivity (Wildman–Crippen MR) is 20.0 cm³/mol. The van der Waals surface area contributed by atoms with Gasteiger partial charge in [0.05, 0.1) is 0 Å². The second-order valence-electron chi connectivity index (χ2n) is 0.0714. The molecule has 4 heteroatoms. The quantitative estimate of drug-likeness (QED) is 0.525. The Bertz CT molecular complexity index is 6.00. The number of hydrogen-bond donors (Lipinski definition) is 0. The summed E-state index contributed by atoms with van der Waals surface area (Å²) >= 11 is -0.826. The van der Waals surface area contributed by atoms with E-state index in [1.54, 1.807) is 0 Å². The first kappa shape index (κ1) is 9.00. The van der Waals surface area contributed by atoms with E-state index in [1.165, 1.54) is 0 Å². The summed E-state index contributed by atoms with van der Waals surface area (Å²) in [6.07, 6.45) is 0. The van der Waals surface area contributed by atoms with Crippen LogP contribution in [-0.4, -0.2) is 18.9 Å². The van der Waals surface area contributed by atoms with E-state index in [-0.39, 0.29) is 4.70 Å². The van der Waals surface area contributed by atoms with Gasteiger partial charge in [-0.3, -0.25) is 4.70 Å². The summed E-state index contributed by atoms with van der Waals surface area (Å²) in [7, 11) is 9.87. The maximum absolute atomic E-state index is 4.93. The van der Waals surface area contributed by atoms with Crippen molar-refractivity contribution in [1.82, 2.24) is 0 Å². The fourth-order valence-corrected chi connectivity index (χ4v) is 0. The third-order valence-electron chi connectivity index (χ3n) is 0. The molecular formula is HCl2FSn. The molecule has 0 amide bonds. The van der Waals surface area contributed by atoms with E-state index in [2.05, 4.69) is 0 Å².